The molecule has 1 aromatic rings. The van der Waals surface area contributed by atoms with Crippen molar-refractivity contribution in [2.45, 2.75) is 62.1 Å². The molecule has 0 aliphatic carbocycles. The van der Waals surface area contributed by atoms with E-state index in [2.05, 4.69) is 40.9 Å². The second kappa shape index (κ2) is 14.0. The van der Waals surface area contributed by atoms with E-state index in [1.807, 2.05) is 19.1 Å². The number of hydrogen-bond donors (Lipinski definition) is 1. The summed E-state index contributed by atoms with van der Waals surface area (Å²) in [6.45, 7) is 8.55. The summed E-state index contributed by atoms with van der Waals surface area (Å²) in [5.41, 5.74) is 3.61. The van der Waals surface area contributed by atoms with Crippen molar-refractivity contribution in [3.63, 3.8) is 0 Å². The lowest BCUT2D eigenvalue weighted by Crippen LogP contribution is -2.56. The van der Waals surface area contributed by atoms with Gasteiger partial charge in [-0.05, 0) is 62.5 Å². The van der Waals surface area contributed by atoms with E-state index >= 15 is 0 Å². The summed E-state index contributed by atoms with van der Waals surface area (Å²) in [6, 6.07) is 8.56. The van der Waals surface area contributed by atoms with E-state index in [0.717, 1.165) is 42.0 Å². The molecule has 1 aromatic carbocycles. The number of hydrogen-bond acceptors (Lipinski definition) is 10. The Hall–Kier alpha value is -3.33. The molecule has 0 bridgehead atoms. The van der Waals surface area contributed by atoms with Gasteiger partial charge in [0, 0.05) is 37.0 Å². The van der Waals surface area contributed by atoms with Gasteiger partial charge in [-0.2, -0.15) is 5.26 Å². The third-order valence-electron chi connectivity index (χ3n) is 8.83. The molecule has 10 nitrogen and oxygen atoms in total. The monoisotopic (exact) mass is 605 g/mol. The van der Waals surface area contributed by atoms with Crippen LogP contribution in [0.25, 0.3) is 0 Å². The van der Waals surface area contributed by atoms with Gasteiger partial charge in [-0.1, -0.05) is 25.6 Å². The predicted octanol–water partition coefficient (Wildman–Crippen LogP) is 3.26. The summed E-state index contributed by atoms with van der Waals surface area (Å²) in [5.74, 6) is 1.37. The maximum absolute atomic E-state index is 14.3. The fourth-order valence-electron chi connectivity index (χ4n) is 6.39. The van der Waals surface area contributed by atoms with Crippen molar-refractivity contribution in [2.75, 3.05) is 46.9 Å². The molecule has 2 fully saturated rings. The number of benzene rings is 1. The molecule has 4 aliphatic rings. The lowest BCUT2D eigenvalue weighted by atomic mass is 9.95. The molecule has 43 heavy (non-hydrogen) atoms. The molecule has 0 spiro atoms. The number of Topliss-reactive ketones (excluding diaryl/α,β-unsaturated/α-hetero) is 1. The van der Waals surface area contributed by atoms with Gasteiger partial charge in [-0.15, -0.1) is 11.8 Å². The van der Waals surface area contributed by atoms with Crippen LogP contribution in [0.1, 0.15) is 43.7 Å². The van der Waals surface area contributed by atoms with Crippen LogP contribution in [0.4, 0.5) is 0 Å². The number of thioether (sulfide) groups is 1. The first-order valence-electron chi connectivity index (χ1n) is 15.0. The molecular formula is C32H41N6O4S. The van der Waals surface area contributed by atoms with Crippen LogP contribution < -0.4 is 10.1 Å². The van der Waals surface area contributed by atoms with Gasteiger partial charge >= 0.3 is 0 Å². The standard InChI is InChI=1S/C32H41N6O4S/c1-5-24-29(30(40)27-17-25-21(20-43-27)9-7-11-26(25)41-4)34-32(42-19-23-10-8-14-36(23)3)35-31(24)37-15-16-38(28(39)6-2)22(18-37)12-13-33/h6-7,9,11,22-23,27H,2,5,8,10,12,14-20H2,1,3-4H3,(H,34,35)/t22?,23?,27-/m1/s1. The summed E-state index contributed by atoms with van der Waals surface area (Å²) in [4.78, 5) is 37.9. The van der Waals surface area contributed by atoms with Gasteiger partial charge in [0.05, 0.1) is 36.6 Å². The number of likely N-dealkylation sites (N-methyl/N-ethyl adjacent to an activating group) is 1. The first-order valence-corrected chi connectivity index (χ1v) is 16.1. The highest BCUT2D eigenvalue weighted by atomic mass is 32.2. The molecule has 4 heterocycles. The predicted molar refractivity (Wildman–Crippen MR) is 167 cm³/mol. The third-order valence-corrected chi connectivity index (χ3v) is 10.1. The minimum Gasteiger partial charge on any atom is -0.496 e. The summed E-state index contributed by atoms with van der Waals surface area (Å²) < 4.78 is 11.9. The van der Waals surface area contributed by atoms with E-state index in [-0.39, 0.29) is 35.4 Å². The summed E-state index contributed by atoms with van der Waals surface area (Å²) in [6.07, 6.45) is 5.50. The number of piperazine rings is 1. The maximum atomic E-state index is 14.3. The zero-order valence-electron chi connectivity index (χ0n) is 25.3. The highest BCUT2D eigenvalue weighted by Gasteiger charge is 2.40. The number of amides is 1. The smallest absolute Gasteiger partial charge is 0.291 e. The van der Waals surface area contributed by atoms with E-state index in [9.17, 15) is 14.9 Å². The Morgan fingerprint density at radius 2 is 2.12 bits per heavy atom. The van der Waals surface area contributed by atoms with Crippen molar-refractivity contribution in [3.05, 3.63) is 59.4 Å². The van der Waals surface area contributed by atoms with Crippen LogP contribution >= 0.6 is 11.8 Å². The van der Waals surface area contributed by atoms with E-state index in [0.29, 0.717) is 57.0 Å². The van der Waals surface area contributed by atoms with E-state index in [1.54, 1.807) is 23.8 Å². The van der Waals surface area contributed by atoms with Crippen LogP contribution in [-0.4, -0.2) is 96.7 Å². The Morgan fingerprint density at radius 1 is 1.28 bits per heavy atom. The van der Waals surface area contributed by atoms with Crippen molar-refractivity contribution in [2.24, 2.45) is 4.99 Å². The van der Waals surface area contributed by atoms with Crippen LogP contribution in [0.5, 0.6) is 5.75 Å². The van der Waals surface area contributed by atoms with Crippen LogP contribution in [0, 0.1) is 17.5 Å². The molecule has 3 atom stereocenters. The number of allylic oxidation sites excluding steroid dienone is 1. The number of carbonyl (C=O) groups is 2. The van der Waals surface area contributed by atoms with Gasteiger partial charge in [0.2, 0.25) is 5.91 Å². The summed E-state index contributed by atoms with van der Waals surface area (Å²) in [5, 5.41) is 12.5. The van der Waals surface area contributed by atoms with Crippen molar-refractivity contribution in [1.82, 2.24) is 20.0 Å². The van der Waals surface area contributed by atoms with E-state index in [1.165, 1.54) is 11.6 Å². The largest absolute Gasteiger partial charge is 0.496 e. The molecule has 1 amide bonds. The zero-order valence-corrected chi connectivity index (χ0v) is 26.1. The Labute approximate surface area is 258 Å². The number of amidine groups is 1. The van der Waals surface area contributed by atoms with Gasteiger partial charge in [0.15, 0.2) is 11.9 Å². The van der Waals surface area contributed by atoms with Crippen LogP contribution in [0.15, 0.2) is 47.1 Å². The normalized spacial score (nSPS) is 24.9. The summed E-state index contributed by atoms with van der Waals surface area (Å²) >= 11 is 1.65. The molecule has 1 radical (unpaired) electrons. The molecule has 2 unspecified atom stereocenters. The fourth-order valence-corrected chi connectivity index (χ4v) is 7.60. The number of fused-ring (bicyclic) bond motifs is 1. The van der Waals surface area contributed by atoms with E-state index in [4.69, 9.17) is 14.5 Å². The number of ether oxygens (including phenoxy) is 2. The number of rotatable bonds is 9. The van der Waals surface area contributed by atoms with Crippen molar-refractivity contribution in [3.8, 4) is 11.8 Å². The Bertz CT molecular complexity index is 1330. The number of methoxy groups -OCH3 is 1. The lowest BCUT2D eigenvalue weighted by molar-refractivity contribution is -0.130. The average molecular weight is 606 g/mol. The highest BCUT2D eigenvalue weighted by molar-refractivity contribution is 7.99. The molecule has 1 N–H and O–H groups in total. The number of nitriles is 1. The van der Waals surface area contributed by atoms with Crippen molar-refractivity contribution >= 4 is 29.5 Å². The number of carbonyl (C=O) groups excluding carboxylic acids is 2. The third kappa shape index (κ3) is 6.61. The molecular weight excluding hydrogens is 564 g/mol. The lowest BCUT2D eigenvalue weighted by Gasteiger charge is -2.43. The summed E-state index contributed by atoms with van der Waals surface area (Å²) in [7, 11) is 3.77. The quantitative estimate of drug-likeness (QED) is 0.424. The zero-order chi connectivity index (χ0) is 30.5. The van der Waals surface area contributed by atoms with Gasteiger partial charge < -0.3 is 24.6 Å². The molecule has 229 valence electrons. The Morgan fingerprint density at radius 3 is 2.81 bits per heavy atom. The number of nitrogens with zero attached hydrogens (tertiary/aromatic N) is 5. The van der Waals surface area contributed by atoms with E-state index < -0.39 is 0 Å². The highest BCUT2D eigenvalue weighted by Crippen LogP contribution is 2.39. The minimum atomic E-state index is -0.312. The number of likely N-dealkylation sites (tertiary alicyclic amines) is 1. The van der Waals surface area contributed by atoms with Crippen LogP contribution in [0.3, 0.4) is 0 Å². The van der Waals surface area contributed by atoms with Gasteiger partial charge in [-0.25, -0.2) is 4.99 Å². The average Bonchev–Trinajstić information content (AvgIpc) is 3.46. The molecule has 5 rings (SSSR count). The fraction of sp³-hybridized carbons (Fsp3) is 0.531. The van der Waals surface area contributed by atoms with Crippen molar-refractivity contribution in [1.29, 1.82) is 5.26 Å². The van der Waals surface area contributed by atoms with Gasteiger partial charge in [0.25, 0.3) is 6.02 Å². The maximum Gasteiger partial charge on any atom is 0.291 e. The second-order valence-corrected chi connectivity index (χ2v) is 12.5. The topological polar surface area (TPSA) is 110 Å². The van der Waals surface area contributed by atoms with Crippen molar-refractivity contribution < 1.29 is 19.1 Å². The number of ketones is 1. The molecule has 0 aromatic heterocycles. The SMILES string of the molecule is C=CC(=O)N1CCN([C]2N=C(OCC3CCCN3C)NC(C(=O)[C@H]3Cc4c(cccc4OC)CS3)=C2CC)CC1CC#N. The molecule has 11 heteroatoms. The minimum absolute atomic E-state index is 0.0129. The van der Waals surface area contributed by atoms with Crippen LogP contribution in [0.2, 0.25) is 0 Å². The Balaban J connectivity index is 1.44. The first-order chi connectivity index (χ1) is 20.9. The molecule has 0 saturated carbocycles. The Kier molecular flexibility index (Phi) is 10.1. The van der Waals surface area contributed by atoms with Gasteiger partial charge in [0.1, 0.15) is 12.4 Å². The molecule has 4 aliphatic heterocycles. The molecule has 2 saturated heterocycles. The number of nitrogens with one attached hydrogen (secondary N) is 1. The second-order valence-electron chi connectivity index (χ2n) is 11.3. The van der Waals surface area contributed by atoms with Gasteiger partial charge in [-0.3, -0.25) is 14.5 Å². The first kappa shape index (κ1) is 31.1. The number of aliphatic imine (C=N–C) groups is 1. The van der Waals surface area contributed by atoms with Crippen LogP contribution in [-0.2, 0) is 26.5 Å².